The van der Waals surface area contributed by atoms with Crippen LogP contribution in [0.1, 0.15) is 40.5 Å². The zero-order chi connectivity index (χ0) is 11.5. The molecule has 1 heterocycles. The third-order valence-electron chi connectivity index (χ3n) is 2.44. The second-order valence-electron chi connectivity index (χ2n) is 5.09. The van der Waals surface area contributed by atoms with Crippen LogP contribution in [0.2, 0.25) is 0 Å². The molecule has 0 aromatic heterocycles. The largest absolute Gasteiger partial charge is 0.444 e. The van der Waals surface area contributed by atoms with E-state index in [4.69, 9.17) is 4.74 Å². The number of alkyl carbamates (subject to hydrolysis) is 1. The lowest BCUT2D eigenvalue weighted by Gasteiger charge is -2.21. The van der Waals surface area contributed by atoms with Crippen LogP contribution in [0.3, 0.4) is 0 Å². The quantitative estimate of drug-likeness (QED) is 0.735. The first-order chi connectivity index (χ1) is 6.90. The maximum absolute atomic E-state index is 11.4. The van der Waals surface area contributed by atoms with E-state index in [9.17, 15) is 4.79 Å². The lowest BCUT2D eigenvalue weighted by molar-refractivity contribution is 0.0508. The van der Waals surface area contributed by atoms with Crippen molar-refractivity contribution < 1.29 is 9.53 Å². The van der Waals surface area contributed by atoms with Gasteiger partial charge in [-0.25, -0.2) is 4.79 Å². The normalized spacial score (nSPS) is 26.4. The van der Waals surface area contributed by atoms with Gasteiger partial charge in [0.05, 0.1) is 0 Å². The van der Waals surface area contributed by atoms with Crippen molar-refractivity contribution in [2.75, 3.05) is 6.54 Å². The summed E-state index contributed by atoms with van der Waals surface area (Å²) in [6, 6.07) is 0.745. The molecule has 1 saturated heterocycles. The molecule has 0 bridgehead atoms. The number of hydrogen-bond donors (Lipinski definition) is 2. The van der Waals surface area contributed by atoms with Gasteiger partial charge in [0.1, 0.15) is 5.60 Å². The van der Waals surface area contributed by atoms with Crippen molar-refractivity contribution in [3.63, 3.8) is 0 Å². The Morgan fingerprint density at radius 2 is 2.20 bits per heavy atom. The fraction of sp³-hybridized carbons (Fsp3) is 0.909. The zero-order valence-electron chi connectivity index (χ0n) is 10.1. The van der Waals surface area contributed by atoms with E-state index in [0.717, 1.165) is 19.4 Å². The third kappa shape index (κ3) is 4.51. The van der Waals surface area contributed by atoms with Crippen molar-refractivity contribution in [2.24, 2.45) is 0 Å². The summed E-state index contributed by atoms with van der Waals surface area (Å²) in [4.78, 5) is 11.4. The predicted octanol–water partition coefficient (Wildman–Crippen LogP) is 1.65. The molecular formula is C11H22N2O2. The summed E-state index contributed by atoms with van der Waals surface area (Å²) in [6.07, 6.45) is 1.79. The highest BCUT2D eigenvalue weighted by Crippen LogP contribution is 2.11. The molecule has 2 atom stereocenters. The van der Waals surface area contributed by atoms with Crippen molar-refractivity contribution in [1.82, 2.24) is 10.6 Å². The van der Waals surface area contributed by atoms with Crippen LogP contribution in [0, 0.1) is 0 Å². The lowest BCUT2D eigenvalue weighted by Crippen LogP contribution is -2.40. The molecular weight excluding hydrogens is 192 g/mol. The van der Waals surface area contributed by atoms with E-state index in [1.54, 1.807) is 0 Å². The predicted molar refractivity (Wildman–Crippen MR) is 59.9 cm³/mol. The molecule has 1 rings (SSSR count). The fourth-order valence-electron chi connectivity index (χ4n) is 1.71. The molecule has 1 aliphatic rings. The summed E-state index contributed by atoms with van der Waals surface area (Å²) < 4.78 is 5.19. The molecule has 1 fully saturated rings. The number of rotatable bonds is 2. The number of amides is 1. The maximum Gasteiger partial charge on any atom is 0.407 e. The molecule has 15 heavy (non-hydrogen) atoms. The molecule has 4 nitrogen and oxygen atoms in total. The standard InChI is InChI=1S/C11H22N2O2/c1-5-8-6-9(7-12-8)13-10(14)15-11(2,3)4/h8-9,12H,5-7H2,1-4H3,(H,13,14)/t8-,9-/m1/s1. The van der Waals surface area contributed by atoms with Crippen LogP contribution >= 0.6 is 0 Å². The number of hydrogen-bond acceptors (Lipinski definition) is 3. The third-order valence-corrected chi connectivity index (χ3v) is 2.44. The van der Waals surface area contributed by atoms with Gasteiger partial charge in [0, 0.05) is 18.6 Å². The minimum absolute atomic E-state index is 0.213. The highest BCUT2D eigenvalue weighted by Gasteiger charge is 2.25. The molecule has 0 aliphatic carbocycles. The van der Waals surface area contributed by atoms with Crippen molar-refractivity contribution in [1.29, 1.82) is 0 Å². The Labute approximate surface area is 91.8 Å². The molecule has 0 aromatic carbocycles. The molecule has 4 heteroatoms. The van der Waals surface area contributed by atoms with Crippen LogP contribution < -0.4 is 10.6 Å². The minimum Gasteiger partial charge on any atom is -0.444 e. The van der Waals surface area contributed by atoms with E-state index < -0.39 is 5.60 Å². The van der Waals surface area contributed by atoms with E-state index in [0.29, 0.717) is 6.04 Å². The molecule has 0 radical (unpaired) electrons. The molecule has 1 aliphatic heterocycles. The summed E-state index contributed by atoms with van der Waals surface area (Å²) in [6.45, 7) is 8.60. The minimum atomic E-state index is -0.416. The lowest BCUT2D eigenvalue weighted by atomic mass is 10.1. The van der Waals surface area contributed by atoms with E-state index in [2.05, 4.69) is 17.6 Å². The van der Waals surface area contributed by atoms with Crippen LogP contribution in [-0.2, 0) is 4.74 Å². The van der Waals surface area contributed by atoms with Crippen LogP contribution in [0.15, 0.2) is 0 Å². The molecule has 0 spiro atoms. The van der Waals surface area contributed by atoms with Gasteiger partial charge < -0.3 is 15.4 Å². The highest BCUT2D eigenvalue weighted by molar-refractivity contribution is 5.68. The summed E-state index contributed by atoms with van der Waals surface area (Å²) in [5, 5.41) is 6.23. The van der Waals surface area contributed by atoms with E-state index >= 15 is 0 Å². The SMILES string of the molecule is CC[C@@H]1C[C@@H](NC(=O)OC(C)(C)C)CN1. The van der Waals surface area contributed by atoms with Crippen molar-refractivity contribution in [3.05, 3.63) is 0 Å². The van der Waals surface area contributed by atoms with E-state index in [1.807, 2.05) is 20.8 Å². The van der Waals surface area contributed by atoms with Gasteiger partial charge in [-0.3, -0.25) is 0 Å². The van der Waals surface area contributed by atoms with Crippen LogP contribution in [0.25, 0.3) is 0 Å². The summed E-state index contributed by atoms with van der Waals surface area (Å²) in [7, 11) is 0. The fourth-order valence-corrected chi connectivity index (χ4v) is 1.71. The number of carbonyl (C=O) groups is 1. The first kappa shape index (κ1) is 12.3. The Balaban J connectivity index is 2.28. The second-order valence-corrected chi connectivity index (χ2v) is 5.09. The average Bonchev–Trinajstić information content (AvgIpc) is 2.48. The number of ether oxygens (including phenoxy) is 1. The average molecular weight is 214 g/mol. The zero-order valence-corrected chi connectivity index (χ0v) is 10.1. The van der Waals surface area contributed by atoms with Gasteiger partial charge in [-0.05, 0) is 33.6 Å². The summed E-state index contributed by atoms with van der Waals surface area (Å²) in [5.41, 5.74) is -0.416. The van der Waals surface area contributed by atoms with Gasteiger partial charge in [-0.15, -0.1) is 0 Å². The molecule has 1 amide bonds. The molecule has 0 saturated carbocycles. The van der Waals surface area contributed by atoms with Gasteiger partial charge in [0.25, 0.3) is 0 Å². The Bertz CT molecular complexity index is 223. The molecule has 0 aromatic rings. The van der Waals surface area contributed by atoms with Gasteiger partial charge in [0.2, 0.25) is 0 Å². The van der Waals surface area contributed by atoms with Gasteiger partial charge >= 0.3 is 6.09 Å². The number of carbonyl (C=O) groups excluding carboxylic acids is 1. The highest BCUT2D eigenvalue weighted by atomic mass is 16.6. The van der Waals surface area contributed by atoms with Gasteiger partial charge in [-0.1, -0.05) is 6.92 Å². The Hall–Kier alpha value is -0.770. The molecule has 2 N–H and O–H groups in total. The Morgan fingerprint density at radius 3 is 2.67 bits per heavy atom. The van der Waals surface area contributed by atoms with E-state index in [-0.39, 0.29) is 12.1 Å². The maximum atomic E-state index is 11.4. The molecule has 0 unspecified atom stereocenters. The second kappa shape index (κ2) is 4.84. The summed E-state index contributed by atoms with van der Waals surface area (Å²) in [5.74, 6) is 0. The van der Waals surface area contributed by atoms with Gasteiger partial charge in [0.15, 0.2) is 0 Å². The van der Waals surface area contributed by atoms with Crippen molar-refractivity contribution in [3.8, 4) is 0 Å². The Morgan fingerprint density at radius 1 is 1.53 bits per heavy atom. The monoisotopic (exact) mass is 214 g/mol. The Kier molecular flexibility index (Phi) is 3.97. The van der Waals surface area contributed by atoms with Crippen molar-refractivity contribution in [2.45, 2.75) is 58.2 Å². The van der Waals surface area contributed by atoms with Crippen LogP contribution in [-0.4, -0.2) is 30.3 Å². The smallest absolute Gasteiger partial charge is 0.407 e. The number of nitrogens with one attached hydrogen (secondary N) is 2. The molecule has 88 valence electrons. The summed E-state index contributed by atoms with van der Waals surface area (Å²) >= 11 is 0. The van der Waals surface area contributed by atoms with E-state index in [1.165, 1.54) is 0 Å². The van der Waals surface area contributed by atoms with Crippen molar-refractivity contribution >= 4 is 6.09 Å². The van der Waals surface area contributed by atoms with Crippen LogP contribution in [0.4, 0.5) is 4.79 Å². The van der Waals surface area contributed by atoms with Gasteiger partial charge in [-0.2, -0.15) is 0 Å². The van der Waals surface area contributed by atoms with Crippen LogP contribution in [0.5, 0.6) is 0 Å². The first-order valence-electron chi connectivity index (χ1n) is 5.63. The first-order valence-corrected chi connectivity index (χ1v) is 5.63. The topological polar surface area (TPSA) is 50.4 Å².